The van der Waals surface area contributed by atoms with Crippen LogP contribution in [-0.2, 0) is 4.74 Å². The van der Waals surface area contributed by atoms with Crippen LogP contribution in [0.15, 0.2) is 5.11 Å². The summed E-state index contributed by atoms with van der Waals surface area (Å²) in [6.45, 7) is -0.468. The summed E-state index contributed by atoms with van der Waals surface area (Å²) in [5, 5.41) is 30.8. The quantitative estimate of drug-likeness (QED) is 0.148. The van der Waals surface area contributed by atoms with Gasteiger partial charge < -0.3 is 20.1 Å². The Balaban J connectivity index is -0.000000653. The average molecular weight is 905 g/mol. The summed E-state index contributed by atoms with van der Waals surface area (Å²) in [5.74, 6) is 0. The Bertz CT molecular complexity index is 259. The molecule has 3 N–H and O–H groups in total. The third kappa shape index (κ3) is 7.54. The Kier molecular flexibility index (Phi) is 20.3. The van der Waals surface area contributed by atoms with Gasteiger partial charge in [0.25, 0.3) is 0 Å². The molecule has 89 valence electrons. The molecule has 3 unspecified atom stereocenters. The average Bonchev–Trinajstić information content (AvgIpc) is 2.18. The molecular formula is C6H10Ac3ClN3O4. The van der Waals surface area contributed by atoms with Gasteiger partial charge in [0, 0.05) is 137 Å². The van der Waals surface area contributed by atoms with Gasteiger partial charge in [0.2, 0.25) is 0 Å². The number of hydrogen-bond acceptors (Lipinski definition) is 5. The molecule has 11 heteroatoms. The van der Waals surface area contributed by atoms with Gasteiger partial charge in [-0.25, -0.2) is 0 Å². The second-order valence-corrected chi connectivity index (χ2v) is 3.32. The van der Waals surface area contributed by atoms with E-state index in [-0.39, 0.29) is 132 Å². The number of rotatable bonds is 2. The molecule has 1 saturated heterocycles. The largest absolute Gasteiger partial charge is 0.394 e. The van der Waals surface area contributed by atoms with Crippen molar-refractivity contribution >= 4 is 11.6 Å². The third-order valence-corrected chi connectivity index (χ3v) is 2.38. The summed E-state index contributed by atoms with van der Waals surface area (Å²) in [6.07, 6.45) is -3.61. The predicted octanol–water partition coefficient (Wildman–Crippen LogP) is -0.657. The second kappa shape index (κ2) is 13.4. The zero-order valence-corrected chi connectivity index (χ0v) is 23.8. The molecule has 0 aromatic carbocycles. The van der Waals surface area contributed by atoms with E-state index in [1.54, 1.807) is 0 Å². The molecule has 3 radical (unpaired) electrons. The van der Waals surface area contributed by atoms with Crippen LogP contribution in [0.1, 0.15) is 0 Å². The molecule has 1 aliphatic heterocycles. The topological polar surface area (TPSA) is 119 Å². The molecule has 0 aromatic heterocycles. The Labute approximate surface area is 211 Å². The summed E-state index contributed by atoms with van der Waals surface area (Å²) in [5.41, 5.74) is 7.11. The van der Waals surface area contributed by atoms with Crippen molar-refractivity contribution in [2.45, 2.75) is 29.9 Å². The van der Waals surface area contributed by atoms with E-state index in [9.17, 15) is 10.2 Å². The molecule has 0 aromatic rings. The predicted molar refractivity (Wildman–Crippen MR) is 46.5 cm³/mol. The Hall–Kier alpha value is 3.76. The van der Waals surface area contributed by atoms with Crippen LogP contribution in [0, 0.1) is 132 Å². The van der Waals surface area contributed by atoms with Crippen molar-refractivity contribution in [2.75, 3.05) is 6.61 Å². The standard InChI is InChI=1S/C6H10ClN3O4.3Ac/c7-6-3(9-10-8)5(13)4(12)2(1-11)14-6;;;/h2-6,11-13H,1H2;;;/t2?,3-,4?,5?,6-;;;/m1.../s1. The maximum Gasteiger partial charge on any atom is 0.142 e. The van der Waals surface area contributed by atoms with E-state index in [0.717, 1.165) is 0 Å². The van der Waals surface area contributed by atoms with Crippen LogP contribution in [-0.4, -0.2) is 51.8 Å². The van der Waals surface area contributed by atoms with E-state index in [2.05, 4.69) is 10.0 Å². The number of azide groups is 1. The molecular weight excluding hydrogens is 895 g/mol. The van der Waals surface area contributed by atoms with E-state index >= 15 is 0 Å². The van der Waals surface area contributed by atoms with Crippen molar-refractivity contribution in [1.82, 2.24) is 0 Å². The minimum absolute atomic E-state index is 0. The fourth-order valence-electron chi connectivity index (χ4n) is 1.24. The van der Waals surface area contributed by atoms with Gasteiger partial charge in [-0.1, -0.05) is 16.7 Å². The van der Waals surface area contributed by atoms with Crippen LogP contribution in [0.2, 0.25) is 0 Å². The van der Waals surface area contributed by atoms with E-state index in [4.69, 9.17) is 27.0 Å². The summed E-state index contributed by atoms with van der Waals surface area (Å²) < 4.78 is 4.92. The summed E-state index contributed by atoms with van der Waals surface area (Å²) in [7, 11) is 0. The fraction of sp³-hybridized carbons (Fsp3) is 1.00. The molecule has 0 saturated carbocycles. The first-order valence-corrected chi connectivity index (χ1v) is 4.36. The number of ether oxygens (including phenoxy) is 1. The molecule has 1 rings (SSSR count). The van der Waals surface area contributed by atoms with Gasteiger partial charge in [-0.05, 0) is 5.53 Å². The number of aliphatic hydroxyl groups is 3. The van der Waals surface area contributed by atoms with Crippen LogP contribution in [0.3, 0.4) is 0 Å². The van der Waals surface area contributed by atoms with Gasteiger partial charge in [-0.2, -0.15) is 0 Å². The first-order valence-electron chi connectivity index (χ1n) is 3.92. The molecule has 1 aliphatic rings. The minimum atomic E-state index is -1.33. The van der Waals surface area contributed by atoms with Crippen LogP contribution < -0.4 is 0 Å². The monoisotopic (exact) mass is 904 g/mol. The molecule has 0 amide bonds. The van der Waals surface area contributed by atoms with Gasteiger partial charge in [-0.3, -0.25) is 0 Å². The Morgan fingerprint density at radius 3 is 2.18 bits per heavy atom. The van der Waals surface area contributed by atoms with Gasteiger partial charge in [0.1, 0.15) is 23.8 Å². The van der Waals surface area contributed by atoms with Gasteiger partial charge >= 0.3 is 0 Å². The van der Waals surface area contributed by atoms with Crippen molar-refractivity contribution in [1.29, 1.82) is 0 Å². The summed E-state index contributed by atoms with van der Waals surface area (Å²) >= 11 is 5.63. The number of hydrogen-bond donors (Lipinski definition) is 3. The van der Waals surface area contributed by atoms with E-state index in [1.165, 1.54) is 0 Å². The van der Waals surface area contributed by atoms with Crippen LogP contribution in [0.5, 0.6) is 0 Å². The van der Waals surface area contributed by atoms with Crippen LogP contribution >= 0.6 is 11.6 Å². The Morgan fingerprint density at radius 1 is 1.24 bits per heavy atom. The molecule has 1 heterocycles. The first kappa shape index (κ1) is 25.7. The first-order chi connectivity index (χ1) is 6.61. The van der Waals surface area contributed by atoms with Gasteiger partial charge in [-0.15, -0.1) is 0 Å². The number of aliphatic hydroxyl groups excluding tert-OH is 3. The Morgan fingerprint density at radius 2 is 1.76 bits per heavy atom. The number of nitrogens with zero attached hydrogens (tertiary/aromatic N) is 3. The van der Waals surface area contributed by atoms with Crippen molar-refractivity contribution in [3.63, 3.8) is 0 Å². The molecule has 0 spiro atoms. The van der Waals surface area contributed by atoms with Crippen molar-refractivity contribution in [3.05, 3.63) is 10.4 Å². The van der Waals surface area contributed by atoms with Crippen LogP contribution in [0.4, 0.5) is 0 Å². The second-order valence-electron chi connectivity index (χ2n) is 2.88. The van der Waals surface area contributed by atoms with Crippen molar-refractivity contribution in [2.24, 2.45) is 5.11 Å². The van der Waals surface area contributed by atoms with Crippen molar-refractivity contribution < 1.29 is 152 Å². The molecule has 0 aliphatic carbocycles. The van der Waals surface area contributed by atoms with Gasteiger partial charge in [0.15, 0.2) is 0 Å². The zero-order chi connectivity index (χ0) is 10.7. The van der Waals surface area contributed by atoms with Crippen LogP contribution in [0.25, 0.3) is 10.4 Å². The van der Waals surface area contributed by atoms with Crippen molar-refractivity contribution in [3.8, 4) is 0 Å². The van der Waals surface area contributed by atoms with E-state index in [0.29, 0.717) is 0 Å². The maximum atomic E-state index is 9.45. The third-order valence-electron chi connectivity index (χ3n) is 2.02. The number of alkyl halides is 1. The molecule has 7 nitrogen and oxygen atoms in total. The SMILES string of the molecule is [Ac].[Ac].[Ac].[N-]=[N+]=N[C@@H]1C(O)C(O)C(CO)O[C@H]1Cl. The molecule has 17 heavy (non-hydrogen) atoms. The van der Waals surface area contributed by atoms with E-state index < -0.39 is 36.5 Å². The van der Waals surface area contributed by atoms with Gasteiger partial charge in [0.05, 0.1) is 12.7 Å². The minimum Gasteiger partial charge on any atom is -0.394 e. The summed E-state index contributed by atoms with van der Waals surface area (Å²) in [4.78, 5) is 2.47. The maximum absolute atomic E-state index is 9.45. The molecule has 1 fully saturated rings. The smallest absolute Gasteiger partial charge is 0.142 e. The summed E-state index contributed by atoms with van der Waals surface area (Å²) in [6, 6.07) is -1.06. The number of halogens is 1. The zero-order valence-electron chi connectivity index (χ0n) is 8.80. The molecule has 5 atom stereocenters. The normalized spacial score (nSPS) is 35.4. The molecule has 0 bridgehead atoms. The van der Waals surface area contributed by atoms with E-state index in [1.807, 2.05) is 0 Å². The fourth-order valence-corrected chi connectivity index (χ4v) is 1.57.